The second-order valence-corrected chi connectivity index (χ2v) is 7.56. The van der Waals surface area contributed by atoms with E-state index < -0.39 is 11.8 Å². The van der Waals surface area contributed by atoms with E-state index in [-0.39, 0.29) is 17.0 Å². The number of fused-ring (bicyclic) bond motifs is 1. The minimum atomic E-state index is -0.538. The van der Waals surface area contributed by atoms with Crippen molar-refractivity contribution in [1.82, 2.24) is 0 Å². The third-order valence-electron chi connectivity index (χ3n) is 5.33. The van der Waals surface area contributed by atoms with E-state index in [1.165, 1.54) is 7.11 Å². The van der Waals surface area contributed by atoms with Crippen LogP contribution in [0.2, 0.25) is 0 Å². The number of hydrogen-bond acceptors (Lipinski definition) is 6. The first-order chi connectivity index (χ1) is 16.4. The lowest BCUT2D eigenvalue weighted by molar-refractivity contribution is 0.0997. The van der Waals surface area contributed by atoms with Gasteiger partial charge in [0.25, 0.3) is 5.91 Å². The minimum Gasteiger partial charge on any atom is -0.505 e. The number of aromatic hydroxyl groups is 1. The summed E-state index contributed by atoms with van der Waals surface area (Å²) in [6.07, 6.45) is 0. The molecule has 0 unspecified atom stereocenters. The van der Waals surface area contributed by atoms with Gasteiger partial charge in [-0.2, -0.15) is 5.11 Å². The summed E-state index contributed by atoms with van der Waals surface area (Å²) in [4.78, 5) is 24.5. The van der Waals surface area contributed by atoms with Crippen LogP contribution in [0.4, 0.5) is 17.1 Å². The van der Waals surface area contributed by atoms with Crippen molar-refractivity contribution in [3.63, 3.8) is 0 Å². The number of nitrogens with one attached hydrogen (secondary N) is 1. The van der Waals surface area contributed by atoms with Gasteiger partial charge in [-0.15, -0.1) is 5.11 Å². The number of ether oxygens (including phenoxy) is 1. The molecule has 4 N–H and O–H groups in total. The van der Waals surface area contributed by atoms with Gasteiger partial charge in [0.1, 0.15) is 11.4 Å². The van der Waals surface area contributed by atoms with Gasteiger partial charge in [0.15, 0.2) is 5.75 Å². The predicted octanol–water partition coefficient (Wildman–Crippen LogP) is 5.63. The fraction of sp³-hybridized carbons (Fsp3) is 0.0769. The van der Waals surface area contributed by atoms with Crippen LogP contribution in [-0.2, 0) is 0 Å². The topological polar surface area (TPSA) is 126 Å². The van der Waals surface area contributed by atoms with Crippen LogP contribution in [0.1, 0.15) is 26.3 Å². The summed E-state index contributed by atoms with van der Waals surface area (Å²) in [5.41, 5.74) is 7.54. The molecule has 4 rings (SSSR count). The van der Waals surface area contributed by atoms with E-state index in [0.29, 0.717) is 39.0 Å². The number of hydrogen-bond donors (Lipinski definition) is 3. The molecular weight excluding hydrogens is 432 g/mol. The van der Waals surface area contributed by atoms with Gasteiger partial charge in [0.05, 0.1) is 24.0 Å². The highest BCUT2D eigenvalue weighted by atomic mass is 16.5. The maximum atomic E-state index is 13.1. The number of rotatable bonds is 6. The molecule has 0 heterocycles. The van der Waals surface area contributed by atoms with Crippen molar-refractivity contribution in [1.29, 1.82) is 0 Å². The molecule has 0 atom stereocenters. The van der Waals surface area contributed by atoms with Gasteiger partial charge in [-0.25, -0.2) is 0 Å². The van der Waals surface area contributed by atoms with Crippen LogP contribution < -0.4 is 15.8 Å². The molecule has 0 bridgehead atoms. The summed E-state index contributed by atoms with van der Waals surface area (Å²) < 4.78 is 5.29. The highest BCUT2D eigenvalue weighted by Gasteiger charge is 2.19. The smallest absolute Gasteiger partial charge is 0.259 e. The van der Waals surface area contributed by atoms with Crippen LogP contribution in [0.5, 0.6) is 11.5 Å². The third-order valence-corrected chi connectivity index (χ3v) is 5.33. The first-order valence-corrected chi connectivity index (χ1v) is 10.4. The standard InChI is InChI=1S/C26H22N4O4/c1-15-13-17(25(27)32)11-12-20(15)29-30-23-18-8-4-3-7-16(18)14-19(24(23)31)26(33)28-21-9-5-6-10-22(21)34-2/h3-14,31H,1-2H3,(H2,27,32)(H,28,33). The molecule has 0 aliphatic carbocycles. The van der Waals surface area contributed by atoms with E-state index in [1.54, 1.807) is 61.5 Å². The van der Waals surface area contributed by atoms with E-state index in [4.69, 9.17) is 10.5 Å². The Morgan fingerprint density at radius 3 is 2.44 bits per heavy atom. The highest BCUT2D eigenvalue weighted by Crippen LogP contribution is 2.40. The van der Waals surface area contributed by atoms with Gasteiger partial charge in [0.2, 0.25) is 5.91 Å². The zero-order valence-electron chi connectivity index (χ0n) is 18.6. The molecule has 8 nitrogen and oxygen atoms in total. The Labute approximate surface area is 195 Å². The van der Waals surface area contributed by atoms with Crippen molar-refractivity contribution in [2.75, 3.05) is 12.4 Å². The summed E-state index contributed by atoms with van der Waals surface area (Å²) in [5.74, 6) is -0.873. The summed E-state index contributed by atoms with van der Waals surface area (Å²) >= 11 is 0. The van der Waals surface area contributed by atoms with Crippen LogP contribution in [0.15, 0.2) is 83.0 Å². The summed E-state index contributed by atoms with van der Waals surface area (Å²) in [6, 6.07) is 20.6. The van der Waals surface area contributed by atoms with Gasteiger partial charge in [0, 0.05) is 10.9 Å². The number of nitrogens with zero attached hydrogens (tertiary/aromatic N) is 2. The van der Waals surface area contributed by atoms with Crippen molar-refractivity contribution in [3.8, 4) is 11.5 Å². The largest absolute Gasteiger partial charge is 0.505 e. The number of aryl methyl sites for hydroxylation is 1. The van der Waals surface area contributed by atoms with Crippen molar-refractivity contribution in [2.24, 2.45) is 16.0 Å². The average Bonchev–Trinajstić information content (AvgIpc) is 2.84. The lowest BCUT2D eigenvalue weighted by Gasteiger charge is -2.13. The molecule has 4 aromatic rings. The van der Waals surface area contributed by atoms with Crippen LogP contribution in [0.25, 0.3) is 10.8 Å². The van der Waals surface area contributed by atoms with Crippen molar-refractivity contribution >= 4 is 39.6 Å². The maximum absolute atomic E-state index is 13.1. The first-order valence-electron chi connectivity index (χ1n) is 10.4. The molecule has 0 fully saturated rings. The van der Waals surface area contributed by atoms with Crippen molar-refractivity contribution in [2.45, 2.75) is 6.92 Å². The van der Waals surface area contributed by atoms with Crippen molar-refractivity contribution < 1.29 is 19.4 Å². The molecule has 0 aliphatic heterocycles. The lowest BCUT2D eigenvalue weighted by Crippen LogP contribution is -2.13. The molecule has 2 amide bonds. The van der Waals surface area contributed by atoms with Gasteiger partial charge < -0.3 is 20.9 Å². The number of carbonyl (C=O) groups excluding carboxylic acids is 2. The quantitative estimate of drug-likeness (QED) is 0.326. The van der Waals surface area contributed by atoms with E-state index in [0.717, 1.165) is 0 Å². The Morgan fingerprint density at radius 2 is 1.71 bits per heavy atom. The number of benzene rings is 4. The fourth-order valence-corrected chi connectivity index (χ4v) is 3.55. The molecule has 0 saturated heterocycles. The van der Waals surface area contributed by atoms with Crippen LogP contribution >= 0.6 is 0 Å². The molecule has 4 aromatic carbocycles. The second kappa shape index (κ2) is 9.41. The number of primary amides is 1. The van der Waals surface area contributed by atoms with Crippen LogP contribution in [-0.4, -0.2) is 24.0 Å². The van der Waals surface area contributed by atoms with Crippen LogP contribution in [0.3, 0.4) is 0 Å². The number of phenols is 1. The van der Waals surface area contributed by atoms with E-state index in [2.05, 4.69) is 15.5 Å². The van der Waals surface area contributed by atoms with Crippen LogP contribution in [0, 0.1) is 6.92 Å². The Balaban J connectivity index is 1.77. The number of carbonyl (C=O) groups is 2. The maximum Gasteiger partial charge on any atom is 0.259 e. The molecule has 34 heavy (non-hydrogen) atoms. The first kappa shape index (κ1) is 22.5. The molecule has 0 radical (unpaired) electrons. The molecule has 8 heteroatoms. The lowest BCUT2D eigenvalue weighted by atomic mass is 10.0. The summed E-state index contributed by atoms with van der Waals surface area (Å²) in [6.45, 7) is 1.77. The molecule has 170 valence electrons. The molecular formula is C26H22N4O4. The predicted molar refractivity (Wildman–Crippen MR) is 130 cm³/mol. The zero-order valence-corrected chi connectivity index (χ0v) is 18.6. The Morgan fingerprint density at radius 1 is 0.971 bits per heavy atom. The molecule has 0 spiro atoms. The number of phenolic OH excluding ortho intramolecular Hbond substituents is 1. The second-order valence-electron chi connectivity index (χ2n) is 7.56. The zero-order chi connectivity index (χ0) is 24.2. The van der Waals surface area contributed by atoms with Gasteiger partial charge >= 0.3 is 0 Å². The third kappa shape index (κ3) is 4.42. The number of methoxy groups -OCH3 is 1. The molecule has 0 aliphatic rings. The van der Waals surface area contributed by atoms with Crippen molar-refractivity contribution in [3.05, 3.63) is 89.5 Å². The van der Waals surface area contributed by atoms with Gasteiger partial charge in [-0.1, -0.05) is 36.4 Å². The monoisotopic (exact) mass is 454 g/mol. The van der Waals surface area contributed by atoms with Gasteiger partial charge in [-0.3, -0.25) is 9.59 Å². The Bertz CT molecular complexity index is 1450. The molecule has 0 saturated carbocycles. The Hall–Kier alpha value is -4.72. The highest BCUT2D eigenvalue weighted by molar-refractivity contribution is 6.12. The molecule has 0 aromatic heterocycles. The SMILES string of the molecule is COc1ccccc1NC(=O)c1cc2ccccc2c(N=Nc2ccc(C(N)=O)cc2C)c1O. The number of nitrogens with two attached hydrogens (primary N) is 1. The number of anilines is 1. The summed E-state index contributed by atoms with van der Waals surface area (Å²) in [5, 5.41) is 23.7. The van der Waals surface area contributed by atoms with Gasteiger partial charge in [-0.05, 0) is 54.3 Å². The number of para-hydroxylation sites is 2. The van der Waals surface area contributed by atoms with E-state index in [1.807, 2.05) is 18.2 Å². The average molecular weight is 454 g/mol. The normalized spacial score (nSPS) is 11.0. The minimum absolute atomic E-state index is 0.0411. The summed E-state index contributed by atoms with van der Waals surface area (Å²) in [7, 11) is 1.51. The van der Waals surface area contributed by atoms with E-state index >= 15 is 0 Å². The number of amides is 2. The fourth-order valence-electron chi connectivity index (χ4n) is 3.55. The number of azo groups is 1. The van der Waals surface area contributed by atoms with E-state index in [9.17, 15) is 14.7 Å². The Kier molecular flexibility index (Phi) is 6.22.